The van der Waals surface area contributed by atoms with Gasteiger partial charge in [-0.05, 0) is 50.7 Å². The van der Waals surface area contributed by atoms with Gasteiger partial charge in [-0.2, -0.15) is 10.4 Å². The van der Waals surface area contributed by atoms with E-state index >= 15 is 0 Å². The summed E-state index contributed by atoms with van der Waals surface area (Å²) >= 11 is 0. The fraction of sp³-hybridized carbons (Fsp3) is 0.333. The first-order valence-corrected chi connectivity index (χ1v) is 9.36. The van der Waals surface area contributed by atoms with Crippen molar-refractivity contribution in [2.75, 3.05) is 27.2 Å². The number of aromatic nitrogens is 3. The van der Waals surface area contributed by atoms with Gasteiger partial charge >= 0.3 is 0 Å². The Labute approximate surface area is 163 Å². The molecule has 1 aromatic carbocycles. The van der Waals surface area contributed by atoms with Gasteiger partial charge in [0.2, 0.25) is 0 Å². The first-order chi connectivity index (χ1) is 13.6. The highest BCUT2D eigenvalue weighted by Crippen LogP contribution is 2.23. The lowest BCUT2D eigenvalue weighted by Crippen LogP contribution is -2.44. The number of piperidine rings is 1. The number of benzene rings is 1. The molecule has 0 spiro atoms. The second kappa shape index (κ2) is 7.41. The van der Waals surface area contributed by atoms with E-state index in [0.717, 1.165) is 37.1 Å². The van der Waals surface area contributed by atoms with Gasteiger partial charge in [-0.3, -0.25) is 4.79 Å². The molecule has 7 nitrogen and oxygen atoms in total. The van der Waals surface area contributed by atoms with Crippen molar-refractivity contribution in [3.63, 3.8) is 0 Å². The second-order valence-electron chi connectivity index (χ2n) is 7.31. The van der Waals surface area contributed by atoms with Crippen LogP contribution in [0.2, 0.25) is 0 Å². The predicted molar refractivity (Wildman–Crippen MR) is 106 cm³/mol. The predicted octanol–water partition coefficient (Wildman–Crippen LogP) is 2.43. The Morgan fingerprint density at radius 2 is 2.04 bits per heavy atom. The van der Waals surface area contributed by atoms with Crippen LogP contribution in [0.15, 0.2) is 42.9 Å². The molecule has 142 valence electrons. The number of hydrogen-bond donors (Lipinski definition) is 0. The quantitative estimate of drug-likeness (QED) is 0.704. The topological polar surface area (TPSA) is 77.5 Å². The van der Waals surface area contributed by atoms with Crippen LogP contribution in [0.25, 0.3) is 16.8 Å². The molecule has 0 saturated carbocycles. The van der Waals surface area contributed by atoms with Gasteiger partial charge in [0.15, 0.2) is 5.65 Å². The van der Waals surface area contributed by atoms with E-state index in [0.29, 0.717) is 16.8 Å². The molecule has 7 heteroatoms. The summed E-state index contributed by atoms with van der Waals surface area (Å²) in [4.78, 5) is 21.5. The Bertz CT molecular complexity index is 1060. The van der Waals surface area contributed by atoms with E-state index in [1.807, 2.05) is 42.4 Å². The van der Waals surface area contributed by atoms with Crippen LogP contribution in [0.3, 0.4) is 0 Å². The number of nitrogens with zero attached hydrogens (tertiary/aromatic N) is 6. The summed E-state index contributed by atoms with van der Waals surface area (Å²) in [5, 5.41) is 13.3. The molecule has 2 aromatic heterocycles. The number of carbonyl (C=O) groups is 1. The standard InChI is InChI=1S/C21H22N6O/c1-25-8-6-19(7-9-25)26(2)21(28)16-5-3-4-15(10-16)18-12-23-20-17(11-22)13-24-27(20)14-18/h3-5,10,12-14,19H,6-9H2,1-2H3. The van der Waals surface area contributed by atoms with Crippen molar-refractivity contribution >= 4 is 11.6 Å². The fourth-order valence-corrected chi connectivity index (χ4v) is 3.69. The minimum atomic E-state index is 0.0382. The minimum Gasteiger partial charge on any atom is -0.339 e. The van der Waals surface area contributed by atoms with Crippen LogP contribution in [-0.4, -0.2) is 63.5 Å². The maximum Gasteiger partial charge on any atom is 0.253 e. The van der Waals surface area contributed by atoms with E-state index in [1.165, 1.54) is 6.20 Å². The average molecular weight is 374 g/mol. The molecular weight excluding hydrogens is 352 g/mol. The molecular formula is C21H22N6O. The lowest BCUT2D eigenvalue weighted by Gasteiger charge is -2.35. The summed E-state index contributed by atoms with van der Waals surface area (Å²) in [6, 6.07) is 9.94. The number of likely N-dealkylation sites (tertiary alicyclic amines) is 1. The highest BCUT2D eigenvalue weighted by molar-refractivity contribution is 5.95. The summed E-state index contributed by atoms with van der Waals surface area (Å²) in [6.45, 7) is 2.03. The van der Waals surface area contributed by atoms with Crippen LogP contribution in [0.1, 0.15) is 28.8 Å². The van der Waals surface area contributed by atoms with Crippen LogP contribution >= 0.6 is 0 Å². The van der Waals surface area contributed by atoms with Gasteiger partial charge in [0.1, 0.15) is 11.6 Å². The molecule has 1 aliphatic rings. The molecule has 0 N–H and O–H groups in total. The first-order valence-electron chi connectivity index (χ1n) is 9.36. The molecule has 3 aromatic rings. The summed E-state index contributed by atoms with van der Waals surface area (Å²) in [6.07, 6.45) is 7.04. The third-order valence-corrected chi connectivity index (χ3v) is 5.48. The zero-order chi connectivity index (χ0) is 19.7. The third-order valence-electron chi connectivity index (χ3n) is 5.48. The molecule has 0 aliphatic carbocycles. The Balaban J connectivity index is 1.59. The lowest BCUT2D eigenvalue weighted by atomic mass is 10.0. The Morgan fingerprint density at radius 3 is 2.79 bits per heavy atom. The van der Waals surface area contributed by atoms with Crippen LogP contribution in [-0.2, 0) is 0 Å². The highest BCUT2D eigenvalue weighted by Gasteiger charge is 2.24. The summed E-state index contributed by atoms with van der Waals surface area (Å²) in [5.74, 6) is 0.0382. The zero-order valence-corrected chi connectivity index (χ0v) is 16.0. The molecule has 1 saturated heterocycles. The van der Waals surface area contributed by atoms with Gasteiger partial charge < -0.3 is 9.80 Å². The molecule has 0 radical (unpaired) electrons. The van der Waals surface area contributed by atoms with E-state index < -0.39 is 0 Å². The maximum atomic E-state index is 13.0. The fourth-order valence-electron chi connectivity index (χ4n) is 3.69. The van der Waals surface area contributed by atoms with E-state index in [4.69, 9.17) is 5.26 Å². The van der Waals surface area contributed by atoms with Gasteiger partial charge in [-0.25, -0.2) is 9.50 Å². The normalized spacial score (nSPS) is 15.5. The van der Waals surface area contributed by atoms with Crippen LogP contribution in [0.4, 0.5) is 0 Å². The largest absolute Gasteiger partial charge is 0.339 e. The van der Waals surface area contributed by atoms with Crippen LogP contribution in [0.5, 0.6) is 0 Å². The van der Waals surface area contributed by atoms with E-state index in [-0.39, 0.29) is 11.9 Å². The SMILES string of the molecule is CN1CCC(N(C)C(=O)c2cccc(-c3cnc4c(C#N)cnn4c3)c2)CC1. The van der Waals surface area contributed by atoms with Crippen molar-refractivity contribution in [3.8, 4) is 17.2 Å². The van der Waals surface area contributed by atoms with Crippen molar-refractivity contribution in [1.29, 1.82) is 5.26 Å². The first kappa shape index (κ1) is 18.1. The summed E-state index contributed by atoms with van der Waals surface area (Å²) in [5.41, 5.74) is 3.37. The van der Waals surface area contributed by atoms with Gasteiger partial charge in [-0.1, -0.05) is 12.1 Å². The maximum absolute atomic E-state index is 13.0. The molecule has 1 aliphatic heterocycles. The van der Waals surface area contributed by atoms with E-state index in [1.54, 1.807) is 10.7 Å². The van der Waals surface area contributed by atoms with Crippen molar-refractivity contribution < 1.29 is 4.79 Å². The van der Waals surface area contributed by atoms with Crippen molar-refractivity contribution in [1.82, 2.24) is 24.4 Å². The number of amides is 1. The van der Waals surface area contributed by atoms with E-state index in [2.05, 4.69) is 28.1 Å². The number of carbonyl (C=O) groups excluding carboxylic acids is 1. The molecule has 28 heavy (non-hydrogen) atoms. The van der Waals surface area contributed by atoms with Crippen molar-refractivity contribution in [3.05, 3.63) is 54.0 Å². The number of fused-ring (bicyclic) bond motifs is 1. The second-order valence-corrected chi connectivity index (χ2v) is 7.31. The Hall–Kier alpha value is -3.24. The Kier molecular flexibility index (Phi) is 4.80. The number of hydrogen-bond acceptors (Lipinski definition) is 5. The smallest absolute Gasteiger partial charge is 0.253 e. The third kappa shape index (κ3) is 3.35. The molecule has 0 atom stereocenters. The monoisotopic (exact) mass is 374 g/mol. The average Bonchev–Trinajstić information content (AvgIpc) is 3.15. The molecule has 1 amide bonds. The van der Waals surface area contributed by atoms with Crippen molar-refractivity contribution in [2.45, 2.75) is 18.9 Å². The van der Waals surface area contributed by atoms with Crippen molar-refractivity contribution in [2.24, 2.45) is 0 Å². The van der Waals surface area contributed by atoms with Gasteiger partial charge in [0.05, 0.1) is 6.20 Å². The summed E-state index contributed by atoms with van der Waals surface area (Å²) < 4.78 is 1.59. The molecule has 1 fully saturated rings. The Morgan fingerprint density at radius 1 is 1.25 bits per heavy atom. The van der Waals surface area contributed by atoms with Gasteiger partial charge in [0, 0.05) is 36.6 Å². The highest BCUT2D eigenvalue weighted by atomic mass is 16.2. The molecule has 4 rings (SSSR count). The van der Waals surface area contributed by atoms with Crippen LogP contribution in [0, 0.1) is 11.3 Å². The minimum absolute atomic E-state index is 0.0382. The molecule has 0 unspecified atom stereocenters. The number of rotatable bonds is 3. The van der Waals surface area contributed by atoms with Gasteiger partial charge in [-0.15, -0.1) is 0 Å². The lowest BCUT2D eigenvalue weighted by molar-refractivity contribution is 0.0659. The van der Waals surface area contributed by atoms with Crippen LogP contribution < -0.4 is 0 Å². The molecule has 3 heterocycles. The van der Waals surface area contributed by atoms with E-state index in [9.17, 15) is 4.79 Å². The summed E-state index contributed by atoms with van der Waals surface area (Å²) in [7, 11) is 4.01. The van der Waals surface area contributed by atoms with Gasteiger partial charge in [0.25, 0.3) is 5.91 Å². The number of nitriles is 1. The zero-order valence-electron chi connectivity index (χ0n) is 16.0. The molecule has 0 bridgehead atoms.